The number of carbonyl (C=O) groups excluding carboxylic acids is 2. The summed E-state index contributed by atoms with van der Waals surface area (Å²) in [6, 6.07) is 0. The van der Waals surface area contributed by atoms with E-state index in [9.17, 15) is 9.59 Å². The van der Waals surface area contributed by atoms with Gasteiger partial charge >= 0.3 is 0 Å². The van der Waals surface area contributed by atoms with E-state index in [1.807, 2.05) is 29.2 Å². The second-order valence-electron chi connectivity index (χ2n) is 7.27. The lowest BCUT2D eigenvalue weighted by Crippen LogP contribution is -2.46. The van der Waals surface area contributed by atoms with E-state index in [-0.39, 0.29) is 23.7 Å². The highest BCUT2D eigenvalue weighted by atomic mass is 16.2. The Kier molecular flexibility index (Phi) is 4.26. The van der Waals surface area contributed by atoms with E-state index >= 15 is 0 Å². The van der Waals surface area contributed by atoms with Crippen LogP contribution in [-0.4, -0.2) is 61.0 Å². The summed E-state index contributed by atoms with van der Waals surface area (Å²) in [5.41, 5.74) is 3.08. The molecule has 8 heteroatoms. The van der Waals surface area contributed by atoms with Crippen molar-refractivity contribution in [2.45, 2.75) is 32.2 Å². The Balaban J connectivity index is 1.51. The summed E-state index contributed by atoms with van der Waals surface area (Å²) in [5, 5.41) is 4.27. The molecule has 2 aromatic rings. The molecule has 1 unspecified atom stereocenters. The van der Waals surface area contributed by atoms with Crippen molar-refractivity contribution >= 4 is 11.8 Å². The average Bonchev–Trinajstić information content (AvgIpc) is 3.29. The number of imidazole rings is 1. The van der Waals surface area contributed by atoms with Crippen LogP contribution in [0.25, 0.3) is 0 Å². The highest BCUT2D eigenvalue weighted by Gasteiger charge is 2.35. The number of carbonyl (C=O) groups is 2. The molecule has 0 spiro atoms. The van der Waals surface area contributed by atoms with Crippen LogP contribution in [0.5, 0.6) is 0 Å². The Bertz CT molecular complexity index is 817. The van der Waals surface area contributed by atoms with E-state index in [0.29, 0.717) is 26.2 Å². The third-order valence-electron chi connectivity index (χ3n) is 5.56. The predicted octanol–water partition coefficient (Wildman–Crippen LogP) is 0.876. The molecule has 2 aromatic heterocycles. The molecule has 1 N–H and O–H groups in total. The fourth-order valence-corrected chi connectivity index (χ4v) is 4.07. The van der Waals surface area contributed by atoms with Gasteiger partial charge in [-0.25, -0.2) is 4.98 Å². The van der Waals surface area contributed by atoms with Gasteiger partial charge in [-0.2, -0.15) is 5.10 Å². The van der Waals surface area contributed by atoms with Gasteiger partial charge in [-0.1, -0.05) is 0 Å². The van der Waals surface area contributed by atoms with E-state index in [2.05, 4.69) is 15.1 Å². The molecule has 0 bridgehead atoms. The third kappa shape index (κ3) is 3.00. The number of amides is 2. The molecule has 4 heterocycles. The van der Waals surface area contributed by atoms with Crippen LogP contribution in [0.15, 0.2) is 18.7 Å². The second kappa shape index (κ2) is 6.59. The van der Waals surface area contributed by atoms with Gasteiger partial charge in [0.2, 0.25) is 11.8 Å². The number of hydrogen-bond acceptors (Lipinski definition) is 4. The number of nitrogens with one attached hydrogen (secondary N) is 1. The fraction of sp³-hybridized carbons (Fsp3) is 0.556. The zero-order chi connectivity index (χ0) is 18.3. The first-order valence-corrected chi connectivity index (χ1v) is 9.08. The topological polar surface area (TPSA) is 87.1 Å². The Labute approximate surface area is 152 Å². The van der Waals surface area contributed by atoms with Gasteiger partial charge < -0.3 is 14.8 Å². The van der Waals surface area contributed by atoms with Gasteiger partial charge in [0, 0.05) is 57.2 Å². The summed E-state index contributed by atoms with van der Waals surface area (Å²) in [4.78, 5) is 36.0. The van der Waals surface area contributed by atoms with Gasteiger partial charge in [-0.3, -0.25) is 14.3 Å². The minimum absolute atomic E-state index is 0.00961. The lowest BCUT2D eigenvalue weighted by molar-refractivity contribution is -0.141. The first-order chi connectivity index (χ1) is 12.5. The quantitative estimate of drug-likeness (QED) is 0.865. The molecule has 138 valence electrons. The SMILES string of the molecule is CC(=O)N1CCC(C(=O)N2Cc3[nH]cnc3C(c3cnn(C)c3)C2)CC1. The van der Waals surface area contributed by atoms with Crippen LogP contribution in [0, 0.1) is 5.92 Å². The number of H-pyrrole nitrogens is 1. The maximum Gasteiger partial charge on any atom is 0.226 e. The van der Waals surface area contributed by atoms with E-state index in [1.54, 1.807) is 17.9 Å². The van der Waals surface area contributed by atoms with E-state index in [0.717, 1.165) is 29.8 Å². The van der Waals surface area contributed by atoms with Crippen LogP contribution < -0.4 is 0 Å². The summed E-state index contributed by atoms with van der Waals surface area (Å²) in [6.45, 7) is 4.11. The van der Waals surface area contributed by atoms with Crippen LogP contribution in [-0.2, 0) is 23.2 Å². The second-order valence-corrected chi connectivity index (χ2v) is 7.27. The number of piperidine rings is 1. The van der Waals surface area contributed by atoms with Crippen molar-refractivity contribution in [3.8, 4) is 0 Å². The number of fused-ring (bicyclic) bond motifs is 1. The van der Waals surface area contributed by atoms with Crippen molar-refractivity contribution in [1.29, 1.82) is 0 Å². The third-order valence-corrected chi connectivity index (χ3v) is 5.56. The van der Waals surface area contributed by atoms with Gasteiger partial charge in [0.25, 0.3) is 0 Å². The zero-order valence-corrected chi connectivity index (χ0v) is 15.2. The van der Waals surface area contributed by atoms with E-state index in [1.165, 1.54) is 0 Å². The van der Waals surface area contributed by atoms with Gasteiger partial charge in [0.15, 0.2) is 0 Å². The van der Waals surface area contributed by atoms with Crippen LogP contribution in [0.3, 0.4) is 0 Å². The molecule has 26 heavy (non-hydrogen) atoms. The molecule has 0 saturated carbocycles. The summed E-state index contributed by atoms with van der Waals surface area (Å²) >= 11 is 0. The Hall–Kier alpha value is -2.64. The standard InChI is InChI=1S/C18H24N6O2/c1-12(25)23-5-3-13(4-6-23)18(26)24-9-15(14-7-21-22(2)8-14)17-16(10-24)19-11-20-17/h7-8,11,13,15H,3-6,9-10H2,1-2H3,(H,19,20). The molecule has 8 nitrogen and oxygen atoms in total. The molecule has 2 amide bonds. The molecule has 0 aromatic carbocycles. The van der Waals surface area contributed by atoms with Gasteiger partial charge in [0.1, 0.15) is 0 Å². The van der Waals surface area contributed by atoms with Crippen molar-refractivity contribution in [3.05, 3.63) is 35.7 Å². The zero-order valence-electron chi connectivity index (χ0n) is 15.2. The Morgan fingerprint density at radius 1 is 1.23 bits per heavy atom. The van der Waals surface area contributed by atoms with E-state index in [4.69, 9.17) is 0 Å². The number of likely N-dealkylation sites (tertiary alicyclic amines) is 1. The number of aromatic amines is 1. The molecule has 2 aliphatic rings. The molecule has 0 radical (unpaired) electrons. The smallest absolute Gasteiger partial charge is 0.226 e. The molecule has 1 fully saturated rings. The first-order valence-electron chi connectivity index (χ1n) is 9.08. The fourth-order valence-electron chi connectivity index (χ4n) is 4.07. The van der Waals surface area contributed by atoms with Gasteiger partial charge in [0.05, 0.1) is 30.5 Å². The summed E-state index contributed by atoms with van der Waals surface area (Å²) in [7, 11) is 1.89. The van der Waals surface area contributed by atoms with Gasteiger partial charge in [-0.05, 0) is 12.8 Å². The summed E-state index contributed by atoms with van der Waals surface area (Å²) in [5.74, 6) is 0.305. The molecular weight excluding hydrogens is 332 g/mol. The highest BCUT2D eigenvalue weighted by Crippen LogP contribution is 2.33. The number of hydrogen-bond donors (Lipinski definition) is 1. The highest BCUT2D eigenvalue weighted by molar-refractivity contribution is 5.80. The minimum atomic E-state index is -0.00961. The molecule has 4 rings (SSSR count). The summed E-state index contributed by atoms with van der Waals surface area (Å²) < 4.78 is 1.78. The molecule has 1 saturated heterocycles. The van der Waals surface area contributed by atoms with Crippen molar-refractivity contribution in [2.24, 2.45) is 13.0 Å². The van der Waals surface area contributed by atoms with Crippen molar-refractivity contribution in [3.63, 3.8) is 0 Å². The van der Waals surface area contributed by atoms with E-state index < -0.39 is 0 Å². The first kappa shape index (κ1) is 16.8. The normalized spacial score (nSPS) is 20.9. The maximum absolute atomic E-state index is 13.1. The van der Waals surface area contributed by atoms with Crippen LogP contribution in [0.1, 0.15) is 42.6 Å². The lowest BCUT2D eigenvalue weighted by atomic mass is 9.90. The monoisotopic (exact) mass is 356 g/mol. The Morgan fingerprint density at radius 3 is 2.65 bits per heavy atom. The van der Waals surface area contributed by atoms with Crippen LogP contribution >= 0.6 is 0 Å². The van der Waals surface area contributed by atoms with Crippen LogP contribution in [0.4, 0.5) is 0 Å². The Morgan fingerprint density at radius 2 is 2.00 bits per heavy atom. The van der Waals surface area contributed by atoms with Crippen molar-refractivity contribution in [2.75, 3.05) is 19.6 Å². The van der Waals surface area contributed by atoms with Crippen molar-refractivity contribution < 1.29 is 9.59 Å². The minimum Gasteiger partial charge on any atom is -0.347 e. The number of aryl methyl sites for hydroxylation is 1. The number of nitrogens with zero attached hydrogens (tertiary/aromatic N) is 5. The number of rotatable bonds is 2. The predicted molar refractivity (Wildman–Crippen MR) is 94.0 cm³/mol. The van der Waals surface area contributed by atoms with Crippen molar-refractivity contribution in [1.82, 2.24) is 29.5 Å². The average molecular weight is 356 g/mol. The maximum atomic E-state index is 13.1. The largest absolute Gasteiger partial charge is 0.347 e. The molecule has 0 aliphatic carbocycles. The number of aromatic nitrogens is 4. The lowest BCUT2D eigenvalue weighted by Gasteiger charge is -2.37. The van der Waals surface area contributed by atoms with Gasteiger partial charge in [-0.15, -0.1) is 0 Å². The molecular formula is C18H24N6O2. The molecule has 1 atom stereocenters. The van der Waals surface area contributed by atoms with Crippen LogP contribution in [0.2, 0.25) is 0 Å². The molecule has 2 aliphatic heterocycles. The summed E-state index contributed by atoms with van der Waals surface area (Å²) in [6.07, 6.45) is 7.02.